The molecule has 4 rings (SSSR count). The Balaban J connectivity index is 1.47. The van der Waals surface area contributed by atoms with E-state index in [1.165, 1.54) is 6.92 Å². The van der Waals surface area contributed by atoms with Gasteiger partial charge in [-0.25, -0.2) is 9.48 Å². The Hall–Kier alpha value is -3.74. The van der Waals surface area contributed by atoms with Gasteiger partial charge in [0.15, 0.2) is 18.1 Å². The summed E-state index contributed by atoms with van der Waals surface area (Å²) < 4.78 is 6.80. The fourth-order valence-electron chi connectivity index (χ4n) is 3.18. The number of hydrogen-bond donors (Lipinski definition) is 1. The van der Waals surface area contributed by atoms with Crippen LogP contribution in [0.5, 0.6) is 0 Å². The lowest BCUT2D eigenvalue weighted by atomic mass is 10.1. The molecule has 0 aliphatic heterocycles. The number of amides is 1. The third-order valence-electron chi connectivity index (χ3n) is 4.85. The standard InChI is InChI=1S/C23H21N3O4/c1-15(27)18-9-5-6-10-19(18)24-22(28)14-30-23(29)21-13-20(16-11-12-16)25-26(21)17-7-3-2-4-8-17/h2-10,13,16H,11-12,14H2,1H3,(H,24,28). The first-order valence-corrected chi connectivity index (χ1v) is 9.75. The summed E-state index contributed by atoms with van der Waals surface area (Å²) in [5, 5.41) is 7.19. The molecule has 3 aromatic rings. The molecule has 0 bridgehead atoms. The van der Waals surface area contributed by atoms with Gasteiger partial charge in [-0.15, -0.1) is 0 Å². The van der Waals surface area contributed by atoms with Crippen molar-refractivity contribution in [2.45, 2.75) is 25.7 Å². The van der Waals surface area contributed by atoms with E-state index < -0.39 is 18.5 Å². The van der Waals surface area contributed by atoms with Gasteiger partial charge in [-0.3, -0.25) is 9.59 Å². The normalized spacial score (nSPS) is 13.0. The molecule has 0 saturated heterocycles. The smallest absolute Gasteiger partial charge is 0.357 e. The maximum atomic E-state index is 12.7. The fourth-order valence-corrected chi connectivity index (χ4v) is 3.18. The number of anilines is 1. The van der Waals surface area contributed by atoms with Crippen molar-refractivity contribution in [3.63, 3.8) is 0 Å². The highest BCUT2D eigenvalue weighted by molar-refractivity contribution is 6.04. The van der Waals surface area contributed by atoms with Crippen LogP contribution >= 0.6 is 0 Å². The van der Waals surface area contributed by atoms with Crippen molar-refractivity contribution in [3.8, 4) is 5.69 Å². The topological polar surface area (TPSA) is 90.3 Å². The lowest BCUT2D eigenvalue weighted by Gasteiger charge is -2.10. The minimum absolute atomic E-state index is 0.165. The Bertz CT molecular complexity index is 1100. The predicted molar refractivity (Wildman–Crippen MR) is 111 cm³/mol. The molecule has 1 fully saturated rings. The highest BCUT2D eigenvalue weighted by Gasteiger charge is 2.29. The maximum Gasteiger partial charge on any atom is 0.357 e. The van der Waals surface area contributed by atoms with E-state index in [4.69, 9.17) is 4.74 Å². The number of nitrogens with one attached hydrogen (secondary N) is 1. The molecule has 0 atom stereocenters. The molecule has 0 spiro atoms. The number of Topliss-reactive ketones (excluding diaryl/α,β-unsaturated/α-hetero) is 1. The number of carbonyl (C=O) groups is 3. The van der Waals surface area contributed by atoms with Crippen molar-refractivity contribution in [2.24, 2.45) is 0 Å². The van der Waals surface area contributed by atoms with Gasteiger partial charge in [0.1, 0.15) is 0 Å². The van der Waals surface area contributed by atoms with Crippen LogP contribution in [-0.4, -0.2) is 34.0 Å². The summed E-state index contributed by atoms with van der Waals surface area (Å²) in [5.41, 5.74) is 2.66. The van der Waals surface area contributed by atoms with E-state index in [1.807, 2.05) is 30.3 Å². The Morgan fingerprint density at radius 3 is 2.47 bits per heavy atom. The number of ether oxygens (including phenoxy) is 1. The van der Waals surface area contributed by atoms with Crippen LogP contribution in [-0.2, 0) is 9.53 Å². The molecule has 1 aliphatic rings. The van der Waals surface area contributed by atoms with Gasteiger partial charge in [0.25, 0.3) is 5.91 Å². The zero-order chi connectivity index (χ0) is 21.1. The number of ketones is 1. The number of nitrogens with zero attached hydrogens (tertiary/aromatic N) is 2. The van der Waals surface area contributed by atoms with E-state index in [2.05, 4.69) is 10.4 Å². The first kappa shape index (κ1) is 19.6. The number of esters is 1. The molecule has 7 heteroatoms. The summed E-state index contributed by atoms with van der Waals surface area (Å²) in [6, 6.07) is 17.7. The Morgan fingerprint density at radius 1 is 1.07 bits per heavy atom. The molecule has 1 heterocycles. The second-order valence-electron chi connectivity index (χ2n) is 7.20. The Labute approximate surface area is 173 Å². The summed E-state index contributed by atoms with van der Waals surface area (Å²) in [7, 11) is 0. The zero-order valence-electron chi connectivity index (χ0n) is 16.5. The van der Waals surface area contributed by atoms with E-state index in [9.17, 15) is 14.4 Å². The monoisotopic (exact) mass is 403 g/mol. The van der Waals surface area contributed by atoms with Crippen LogP contribution in [0.1, 0.15) is 52.2 Å². The first-order valence-electron chi connectivity index (χ1n) is 9.75. The molecule has 1 aromatic heterocycles. The molecular formula is C23H21N3O4. The summed E-state index contributed by atoms with van der Waals surface area (Å²) in [6.07, 6.45) is 2.11. The largest absolute Gasteiger partial charge is 0.451 e. The fraction of sp³-hybridized carbons (Fsp3) is 0.217. The van der Waals surface area contributed by atoms with Crippen LogP contribution < -0.4 is 5.32 Å². The van der Waals surface area contributed by atoms with E-state index in [-0.39, 0.29) is 11.5 Å². The number of hydrogen-bond acceptors (Lipinski definition) is 5. The summed E-state index contributed by atoms with van der Waals surface area (Å²) in [5.74, 6) is -0.950. The second-order valence-corrected chi connectivity index (χ2v) is 7.20. The van der Waals surface area contributed by atoms with Crippen LogP contribution in [0.15, 0.2) is 60.7 Å². The van der Waals surface area contributed by atoms with E-state index in [0.717, 1.165) is 24.2 Å². The molecule has 2 aromatic carbocycles. The van der Waals surface area contributed by atoms with Crippen molar-refractivity contribution in [2.75, 3.05) is 11.9 Å². The van der Waals surface area contributed by atoms with Gasteiger partial charge in [0.2, 0.25) is 0 Å². The van der Waals surface area contributed by atoms with Crippen LogP contribution in [0, 0.1) is 0 Å². The van der Waals surface area contributed by atoms with E-state index in [1.54, 1.807) is 35.0 Å². The molecule has 1 aliphatic carbocycles. The third-order valence-corrected chi connectivity index (χ3v) is 4.85. The number of rotatable bonds is 7. The van der Waals surface area contributed by atoms with Gasteiger partial charge >= 0.3 is 5.97 Å². The molecule has 0 radical (unpaired) electrons. The average molecular weight is 403 g/mol. The second kappa shape index (κ2) is 8.32. The zero-order valence-corrected chi connectivity index (χ0v) is 16.5. The van der Waals surface area contributed by atoms with Gasteiger partial charge in [0, 0.05) is 11.5 Å². The number of benzene rings is 2. The SMILES string of the molecule is CC(=O)c1ccccc1NC(=O)COC(=O)c1cc(C2CC2)nn1-c1ccccc1. The van der Waals surface area contributed by atoms with Crippen molar-refractivity contribution in [1.29, 1.82) is 0 Å². The molecule has 0 unspecified atom stereocenters. The number of aromatic nitrogens is 2. The van der Waals surface area contributed by atoms with Crippen LogP contribution in [0.4, 0.5) is 5.69 Å². The third kappa shape index (κ3) is 4.30. The Kier molecular flexibility index (Phi) is 5.43. The van der Waals surface area contributed by atoms with Crippen LogP contribution in [0.3, 0.4) is 0 Å². The molecular weight excluding hydrogens is 382 g/mol. The van der Waals surface area contributed by atoms with Gasteiger partial charge in [-0.05, 0) is 50.1 Å². The number of carbonyl (C=O) groups excluding carboxylic acids is 3. The highest BCUT2D eigenvalue weighted by Crippen LogP contribution is 2.39. The van der Waals surface area contributed by atoms with Gasteiger partial charge in [-0.2, -0.15) is 5.10 Å². The van der Waals surface area contributed by atoms with E-state index >= 15 is 0 Å². The molecule has 30 heavy (non-hydrogen) atoms. The van der Waals surface area contributed by atoms with Gasteiger partial charge < -0.3 is 10.1 Å². The minimum Gasteiger partial charge on any atom is -0.451 e. The quantitative estimate of drug-likeness (QED) is 0.479. The molecule has 1 N–H and O–H groups in total. The summed E-state index contributed by atoms with van der Waals surface area (Å²) in [6.45, 7) is 0.955. The summed E-state index contributed by atoms with van der Waals surface area (Å²) >= 11 is 0. The van der Waals surface area contributed by atoms with Crippen molar-refractivity contribution in [1.82, 2.24) is 9.78 Å². The average Bonchev–Trinajstić information content (AvgIpc) is 3.51. The maximum absolute atomic E-state index is 12.7. The molecule has 1 saturated carbocycles. The predicted octanol–water partition coefficient (Wildman–Crippen LogP) is 3.75. The van der Waals surface area contributed by atoms with Crippen molar-refractivity contribution < 1.29 is 19.1 Å². The summed E-state index contributed by atoms with van der Waals surface area (Å²) in [4.78, 5) is 36.7. The molecule has 7 nitrogen and oxygen atoms in total. The minimum atomic E-state index is -0.631. The Morgan fingerprint density at radius 2 is 1.77 bits per heavy atom. The number of para-hydroxylation sites is 2. The van der Waals surface area contributed by atoms with Gasteiger partial charge in [0.05, 0.1) is 17.1 Å². The van der Waals surface area contributed by atoms with Crippen molar-refractivity contribution >= 4 is 23.3 Å². The molecule has 1 amide bonds. The molecule has 152 valence electrons. The lowest BCUT2D eigenvalue weighted by Crippen LogP contribution is -2.23. The van der Waals surface area contributed by atoms with Gasteiger partial charge in [-0.1, -0.05) is 30.3 Å². The van der Waals surface area contributed by atoms with Crippen LogP contribution in [0.25, 0.3) is 5.69 Å². The van der Waals surface area contributed by atoms with E-state index in [0.29, 0.717) is 17.2 Å². The highest BCUT2D eigenvalue weighted by atomic mass is 16.5. The van der Waals surface area contributed by atoms with Crippen LogP contribution in [0.2, 0.25) is 0 Å². The lowest BCUT2D eigenvalue weighted by molar-refractivity contribution is -0.119. The van der Waals surface area contributed by atoms with Crippen molar-refractivity contribution in [3.05, 3.63) is 77.6 Å². The first-order chi connectivity index (χ1) is 14.5.